The molecule has 5 rings (SSSR count). The van der Waals surface area contributed by atoms with Crippen LogP contribution in [0, 0.1) is 0 Å². The van der Waals surface area contributed by atoms with E-state index >= 15 is 0 Å². The quantitative estimate of drug-likeness (QED) is 0.463. The maximum atomic E-state index is 6.22. The molecule has 3 aliphatic rings. The van der Waals surface area contributed by atoms with Gasteiger partial charge in [-0.2, -0.15) is 0 Å². The molecule has 2 aromatic rings. The Morgan fingerprint density at radius 3 is 1.20 bits per heavy atom. The number of hydrogen-bond acceptors (Lipinski definition) is 2. The van der Waals surface area contributed by atoms with Gasteiger partial charge >= 0.3 is 0 Å². The Bertz CT molecular complexity index is 718. The van der Waals surface area contributed by atoms with Crippen LogP contribution >= 0.6 is 0 Å². The highest BCUT2D eigenvalue weighted by Crippen LogP contribution is 2.27. The van der Waals surface area contributed by atoms with Gasteiger partial charge in [0.05, 0.1) is 25.7 Å². The molecule has 0 atom stereocenters. The SMILES string of the molecule is C[S+]1Cc2cc3cc(c2)OCCCCCCCCOc2cc(cc(c2)C[S+](C)C3)C1. The molecule has 0 fully saturated rings. The Balaban J connectivity index is 1.66. The van der Waals surface area contributed by atoms with Gasteiger partial charge in [-0.3, -0.25) is 0 Å². The van der Waals surface area contributed by atoms with Crippen LogP contribution in [0.2, 0.25) is 0 Å². The molecular formula is C26H36O2S2+2. The summed E-state index contributed by atoms with van der Waals surface area (Å²) in [6, 6.07) is 14.1. The minimum Gasteiger partial charge on any atom is -0.494 e. The van der Waals surface area contributed by atoms with Crippen LogP contribution in [0.25, 0.3) is 0 Å². The Labute approximate surface area is 188 Å². The van der Waals surface area contributed by atoms with E-state index in [2.05, 4.69) is 48.9 Å². The van der Waals surface area contributed by atoms with E-state index in [-0.39, 0.29) is 0 Å². The molecule has 0 amide bonds. The van der Waals surface area contributed by atoms with Crippen molar-refractivity contribution in [2.75, 3.05) is 25.7 Å². The van der Waals surface area contributed by atoms with Gasteiger partial charge in [0.2, 0.25) is 0 Å². The standard InChI is InChI=1S/C26H36O2S2/c1-29-17-21-11-23-15-25(13-21)27-9-7-5-3-4-6-8-10-28-26-14-22(18-29)12-24(16-26)20-30(2)19-23/h11-16H,3-10,17-20H2,1-2H3/q+2. The molecule has 0 aliphatic carbocycles. The van der Waals surface area contributed by atoms with E-state index < -0.39 is 0 Å². The second-order valence-electron chi connectivity index (χ2n) is 8.93. The van der Waals surface area contributed by atoms with Crippen LogP contribution < -0.4 is 9.47 Å². The van der Waals surface area contributed by atoms with E-state index in [4.69, 9.17) is 9.47 Å². The minimum absolute atomic E-state index is 0.295. The molecule has 3 heterocycles. The van der Waals surface area contributed by atoms with Crippen LogP contribution in [0.15, 0.2) is 36.4 Å². The zero-order valence-electron chi connectivity index (χ0n) is 18.6. The van der Waals surface area contributed by atoms with Gasteiger partial charge in [-0.15, -0.1) is 0 Å². The van der Waals surface area contributed by atoms with Gasteiger partial charge in [0, 0.05) is 22.3 Å². The minimum atomic E-state index is 0.295. The highest BCUT2D eigenvalue weighted by atomic mass is 32.2. The molecular weight excluding hydrogens is 408 g/mol. The van der Waals surface area contributed by atoms with Gasteiger partial charge in [-0.1, -0.05) is 25.7 Å². The van der Waals surface area contributed by atoms with E-state index in [0.29, 0.717) is 21.8 Å². The lowest BCUT2D eigenvalue weighted by Crippen LogP contribution is -2.12. The van der Waals surface area contributed by atoms with Crippen LogP contribution in [0.5, 0.6) is 11.5 Å². The molecule has 162 valence electrons. The normalized spacial score (nSPS) is 23.3. The summed E-state index contributed by atoms with van der Waals surface area (Å²) in [4.78, 5) is 0. The van der Waals surface area contributed by atoms with E-state index in [0.717, 1.165) is 60.6 Å². The first kappa shape index (κ1) is 22.0. The lowest BCUT2D eigenvalue weighted by molar-refractivity contribution is 0.296. The molecule has 3 aliphatic heterocycles. The van der Waals surface area contributed by atoms with E-state index in [1.54, 1.807) is 0 Å². The summed E-state index contributed by atoms with van der Waals surface area (Å²) < 4.78 is 12.4. The predicted molar refractivity (Wildman–Crippen MR) is 133 cm³/mol. The number of benzene rings is 2. The zero-order valence-corrected chi connectivity index (χ0v) is 20.2. The van der Waals surface area contributed by atoms with Crippen molar-refractivity contribution < 1.29 is 9.47 Å². The third-order valence-electron chi connectivity index (χ3n) is 5.78. The molecule has 0 aromatic heterocycles. The maximum Gasteiger partial charge on any atom is 0.133 e. The third kappa shape index (κ3) is 6.62. The van der Waals surface area contributed by atoms with Gasteiger partial charge in [0.1, 0.15) is 34.5 Å². The Hall–Kier alpha value is -1.26. The van der Waals surface area contributed by atoms with Gasteiger partial charge in [0.25, 0.3) is 0 Å². The number of hydrogen-bond donors (Lipinski definition) is 0. The van der Waals surface area contributed by atoms with Crippen LogP contribution in [0.4, 0.5) is 0 Å². The van der Waals surface area contributed by atoms with Crippen molar-refractivity contribution in [2.24, 2.45) is 0 Å². The number of ether oxygens (including phenoxy) is 2. The summed E-state index contributed by atoms with van der Waals surface area (Å²) in [7, 11) is 0.590. The molecule has 0 saturated heterocycles. The van der Waals surface area contributed by atoms with Crippen LogP contribution in [0.1, 0.15) is 60.8 Å². The Kier molecular flexibility index (Phi) is 7.95. The summed E-state index contributed by atoms with van der Waals surface area (Å²) in [6.45, 7) is 1.68. The Morgan fingerprint density at radius 1 is 0.500 bits per heavy atom. The third-order valence-corrected chi connectivity index (χ3v) is 9.09. The van der Waals surface area contributed by atoms with E-state index in [1.165, 1.54) is 47.9 Å². The van der Waals surface area contributed by atoms with Crippen LogP contribution in [0.3, 0.4) is 0 Å². The monoisotopic (exact) mass is 444 g/mol. The first-order chi connectivity index (χ1) is 14.6. The lowest BCUT2D eigenvalue weighted by Gasteiger charge is -2.14. The molecule has 0 unspecified atom stereocenters. The van der Waals surface area contributed by atoms with Crippen molar-refractivity contribution in [3.05, 3.63) is 58.7 Å². The zero-order chi connectivity index (χ0) is 20.8. The molecule has 0 spiro atoms. The predicted octanol–water partition coefficient (Wildman–Crippen LogP) is 6.01. The van der Waals surface area contributed by atoms with Crippen molar-refractivity contribution in [2.45, 2.75) is 61.5 Å². The maximum absolute atomic E-state index is 6.22. The molecule has 30 heavy (non-hydrogen) atoms. The van der Waals surface area contributed by atoms with Crippen LogP contribution in [-0.4, -0.2) is 25.7 Å². The average molecular weight is 445 g/mol. The largest absolute Gasteiger partial charge is 0.494 e. The molecule has 2 nitrogen and oxygen atoms in total. The summed E-state index contributed by atoms with van der Waals surface area (Å²) in [6.07, 6.45) is 12.2. The van der Waals surface area contributed by atoms with E-state index in [1.807, 2.05) is 0 Å². The summed E-state index contributed by atoms with van der Waals surface area (Å²) >= 11 is 0. The smallest absolute Gasteiger partial charge is 0.133 e. The van der Waals surface area contributed by atoms with Gasteiger partial charge in [-0.05, 0) is 71.0 Å². The second kappa shape index (κ2) is 10.9. The molecule has 6 bridgehead atoms. The lowest BCUT2D eigenvalue weighted by atomic mass is 10.1. The van der Waals surface area contributed by atoms with Gasteiger partial charge in [-0.25, -0.2) is 0 Å². The number of fused-ring (bicyclic) bond motifs is 13. The van der Waals surface area contributed by atoms with Crippen molar-refractivity contribution in [1.82, 2.24) is 0 Å². The first-order valence-electron chi connectivity index (χ1n) is 11.3. The molecule has 0 N–H and O–H groups in total. The summed E-state index contributed by atoms with van der Waals surface area (Å²) in [5.41, 5.74) is 5.76. The second-order valence-corrected chi connectivity index (χ2v) is 13.2. The van der Waals surface area contributed by atoms with Crippen molar-refractivity contribution in [1.29, 1.82) is 0 Å². The molecule has 0 saturated carbocycles. The van der Waals surface area contributed by atoms with Crippen LogP contribution in [-0.2, 0) is 44.8 Å². The fraction of sp³-hybridized carbons (Fsp3) is 0.538. The van der Waals surface area contributed by atoms with Crippen molar-refractivity contribution >= 4 is 21.8 Å². The summed E-state index contributed by atoms with van der Waals surface area (Å²) in [5.74, 6) is 6.68. The fourth-order valence-corrected chi connectivity index (χ4v) is 7.64. The fourth-order valence-electron chi connectivity index (χ4n) is 4.49. The van der Waals surface area contributed by atoms with Crippen molar-refractivity contribution in [3.63, 3.8) is 0 Å². The van der Waals surface area contributed by atoms with E-state index in [9.17, 15) is 0 Å². The molecule has 4 heteroatoms. The molecule has 0 radical (unpaired) electrons. The van der Waals surface area contributed by atoms with Gasteiger partial charge in [0.15, 0.2) is 0 Å². The first-order valence-corrected chi connectivity index (χ1v) is 15.3. The number of rotatable bonds is 0. The molecule has 2 aromatic carbocycles. The van der Waals surface area contributed by atoms with Gasteiger partial charge < -0.3 is 9.47 Å². The van der Waals surface area contributed by atoms with Crippen molar-refractivity contribution in [3.8, 4) is 11.5 Å². The summed E-state index contributed by atoms with van der Waals surface area (Å²) in [5, 5.41) is 0. The average Bonchev–Trinajstić information content (AvgIpc) is 2.67. The highest BCUT2D eigenvalue weighted by molar-refractivity contribution is 7.95. The topological polar surface area (TPSA) is 18.5 Å². The highest BCUT2D eigenvalue weighted by Gasteiger charge is 2.21. The Morgan fingerprint density at radius 2 is 0.833 bits per heavy atom.